The number of nitrogens with zero attached hydrogens (tertiary/aromatic N) is 10. The fraction of sp³-hybridized carbons (Fsp3) is 0.889. The van der Waals surface area contributed by atoms with Crippen LogP contribution in [-0.2, 0) is 24.0 Å². The molecule has 0 unspecified atom stereocenters. The van der Waals surface area contributed by atoms with E-state index in [2.05, 4.69) is 259 Å². The summed E-state index contributed by atoms with van der Waals surface area (Å²) in [6, 6.07) is 0. The Bertz CT molecular complexity index is 2530. The molecule has 0 aliphatic rings. The van der Waals surface area contributed by atoms with E-state index in [9.17, 15) is 24.0 Å². The van der Waals surface area contributed by atoms with Gasteiger partial charge in [0.05, 0.1) is 27.7 Å². The van der Waals surface area contributed by atoms with Crippen LogP contribution in [0.3, 0.4) is 0 Å². The quantitative estimate of drug-likeness (QED) is 0.114. The van der Waals surface area contributed by atoms with E-state index in [0.717, 1.165) is 0 Å². The molecular formula is C90H185N15O5. The molecule has 0 aliphatic heterocycles. The number of hydrogen-bond acceptors (Lipinski definition) is 10. The van der Waals surface area contributed by atoms with Gasteiger partial charge in [0.25, 0.3) is 0 Å². The first-order valence-electron chi connectivity index (χ1n) is 40.4. The van der Waals surface area contributed by atoms with Crippen molar-refractivity contribution in [2.45, 2.75) is 499 Å². The van der Waals surface area contributed by atoms with Crippen molar-refractivity contribution >= 4 is 59.3 Å². The normalized spacial score (nSPS) is 14.8. The molecule has 0 radical (unpaired) electrons. The number of carbonyl (C=O) groups excluding carboxylic acids is 5. The van der Waals surface area contributed by atoms with Crippen molar-refractivity contribution in [2.24, 2.45) is 52.0 Å². The van der Waals surface area contributed by atoms with Crippen molar-refractivity contribution in [2.75, 3.05) is 0 Å². The second-order valence-electron chi connectivity index (χ2n) is 49.9. The minimum absolute atomic E-state index is 0.0194. The van der Waals surface area contributed by atoms with Crippen molar-refractivity contribution in [3.05, 3.63) is 0 Å². The zero-order valence-corrected chi connectivity index (χ0v) is 84.0. The maximum Gasteiger partial charge on any atom is 0.232 e. The lowest BCUT2D eigenvalue weighted by atomic mass is 9.94. The SMILES string of the molecule is CC(C)(C)N=C(NC(=O)C(C)(C)C)N(C(C)(C)C)C(C)(C)C.CC(C)(C)N=C(NC(=O)C(C)(C)C)N(C(C)(C)C)C(C)(C)C.CC(C)(C)N=C(NC(=O)C(C)(C)C)N(C(C)(C)C)C(C)(C)C.CC(C)(C)N=C(NC(=O)C(C)(C)C)N(C(C)(C)C)C(C)(C)C.CC(C)(C)N=C(NC(=O)C(C)(C)C)N(C(C)(C)C)C(C)(C)C. The summed E-state index contributed by atoms with van der Waals surface area (Å²) in [6.07, 6.45) is 0. The second-order valence-corrected chi connectivity index (χ2v) is 49.9. The Morgan fingerprint density at radius 1 is 0.155 bits per heavy atom. The third-order valence-electron chi connectivity index (χ3n) is 14.5. The summed E-state index contributed by atoms with van der Waals surface area (Å²) < 4.78 is 0. The Morgan fingerprint density at radius 2 is 0.227 bits per heavy atom. The van der Waals surface area contributed by atoms with Crippen LogP contribution in [0, 0.1) is 27.1 Å². The predicted molar refractivity (Wildman–Crippen MR) is 481 cm³/mol. The molecule has 0 atom stereocenters. The Morgan fingerprint density at radius 3 is 0.273 bits per heavy atom. The van der Waals surface area contributed by atoms with E-state index in [-0.39, 0.29) is 113 Å². The monoisotopic (exact) mass is 1560 g/mol. The van der Waals surface area contributed by atoms with Gasteiger partial charge in [0.2, 0.25) is 59.3 Å². The van der Waals surface area contributed by atoms with E-state index in [4.69, 9.17) is 25.0 Å². The molecule has 0 aromatic carbocycles. The minimum Gasteiger partial charge on any atom is -0.333 e. The van der Waals surface area contributed by atoms with Gasteiger partial charge in [-0.05, 0) is 312 Å². The predicted octanol–water partition coefficient (Wildman–Crippen LogP) is 21.0. The Labute approximate surface area is 681 Å². The molecule has 5 amide bonds. The highest BCUT2D eigenvalue weighted by atomic mass is 16.2. The van der Waals surface area contributed by atoms with E-state index in [0.29, 0.717) is 29.8 Å². The summed E-state index contributed by atoms with van der Waals surface area (Å²) in [5.41, 5.74) is -5.23. The molecule has 0 saturated carbocycles. The maximum atomic E-state index is 12.5. The van der Waals surface area contributed by atoms with Crippen molar-refractivity contribution < 1.29 is 24.0 Å². The smallest absolute Gasteiger partial charge is 0.232 e. The number of amides is 5. The molecule has 0 aromatic rings. The molecule has 0 heterocycles. The molecule has 0 aromatic heterocycles. The standard InChI is InChI=1S/5C18H37N3O/c5*1-15(2,3)13(22)19-14(20-16(4,5)6)21(17(7,8)9)18(10,11)12/h5*1-12H3,(H,19,20,22). The molecule has 0 fully saturated rings. The highest BCUT2D eigenvalue weighted by Crippen LogP contribution is 2.33. The first-order valence-corrected chi connectivity index (χ1v) is 40.4. The van der Waals surface area contributed by atoms with Crippen LogP contribution in [0.4, 0.5) is 0 Å². The largest absolute Gasteiger partial charge is 0.333 e. The van der Waals surface area contributed by atoms with E-state index >= 15 is 0 Å². The highest BCUT2D eigenvalue weighted by Gasteiger charge is 2.43. The Balaban J connectivity index is -0.000000418. The lowest BCUT2D eigenvalue weighted by molar-refractivity contribution is -0.128. The van der Waals surface area contributed by atoms with Crippen molar-refractivity contribution in [3.63, 3.8) is 0 Å². The van der Waals surface area contributed by atoms with Crippen LogP contribution in [0.15, 0.2) is 25.0 Å². The highest BCUT2D eigenvalue weighted by molar-refractivity contribution is 6.03. The molecule has 0 aliphatic carbocycles. The lowest BCUT2D eigenvalue weighted by Crippen LogP contribution is -2.61. The van der Waals surface area contributed by atoms with Crippen molar-refractivity contribution in [1.29, 1.82) is 0 Å². The molecule has 20 nitrogen and oxygen atoms in total. The first kappa shape index (κ1) is 113. The molecule has 0 saturated heterocycles. The molecule has 0 spiro atoms. The van der Waals surface area contributed by atoms with Crippen LogP contribution >= 0.6 is 0 Å². The summed E-state index contributed by atoms with van der Waals surface area (Å²) in [5, 5.41) is 15.3. The molecule has 20 heteroatoms. The van der Waals surface area contributed by atoms with Gasteiger partial charge in [0, 0.05) is 82.5 Å². The Kier molecular flexibility index (Phi) is 39.1. The number of guanidine groups is 5. The molecule has 650 valence electrons. The second kappa shape index (κ2) is 38.0. The molecule has 110 heavy (non-hydrogen) atoms. The zero-order valence-electron chi connectivity index (χ0n) is 84.0. The topological polar surface area (TPSA) is 223 Å². The first-order chi connectivity index (χ1) is 46.8. The van der Waals surface area contributed by atoms with Crippen LogP contribution in [0.5, 0.6) is 0 Å². The van der Waals surface area contributed by atoms with E-state index in [1.54, 1.807) is 0 Å². The Hall–Kier alpha value is -5.30. The van der Waals surface area contributed by atoms with Gasteiger partial charge in [-0.25, -0.2) is 25.0 Å². The summed E-state index contributed by atoms with van der Waals surface area (Å²) >= 11 is 0. The van der Waals surface area contributed by atoms with Gasteiger partial charge < -0.3 is 24.5 Å². The van der Waals surface area contributed by atoms with Crippen LogP contribution in [-0.4, -0.2) is 167 Å². The fourth-order valence-electron chi connectivity index (χ4n) is 11.9. The summed E-state index contributed by atoms with van der Waals surface area (Å²) in [6.45, 7) is 123. The van der Waals surface area contributed by atoms with Gasteiger partial charge in [0.15, 0.2) is 0 Å². The third kappa shape index (κ3) is 47.4. The zero-order chi connectivity index (χ0) is 90.7. The van der Waals surface area contributed by atoms with Gasteiger partial charge in [0.1, 0.15) is 0 Å². The van der Waals surface area contributed by atoms with Crippen LogP contribution < -0.4 is 26.6 Å². The number of carbonyl (C=O) groups is 5. The van der Waals surface area contributed by atoms with E-state index < -0.39 is 27.1 Å². The van der Waals surface area contributed by atoms with Gasteiger partial charge in [-0.2, -0.15) is 0 Å². The number of aliphatic imine (C=N–C) groups is 5. The molecular weight excluding hydrogens is 1370 g/mol. The summed E-state index contributed by atoms with van der Waals surface area (Å²) in [4.78, 5) is 97.5. The summed E-state index contributed by atoms with van der Waals surface area (Å²) in [7, 11) is 0. The van der Waals surface area contributed by atoms with Crippen molar-refractivity contribution in [3.8, 4) is 0 Å². The van der Waals surface area contributed by atoms with Gasteiger partial charge >= 0.3 is 0 Å². The van der Waals surface area contributed by atoms with Gasteiger partial charge in [-0.15, -0.1) is 0 Å². The minimum atomic E-state index is -0.458. The average Bonchev–Trinajstić information content (AvgIpc) is 0.816. The maximum absolute atomic E-state index is 12.5. The molecule has 0 rings (SSSR count). The lowest BCUT2D eigenvalue weighted by Gasteiger charge is -2.48. The van der Waals surface area contributed by atoms with E-state index in [1.807, 2.05) is 208 Å². The number of rotatable bonds is 0. The van der Waals surface area contributed by atoms with Crippen LogP contribution in [0.1, 0.15) is 415 Å². The van der Waals surface area contributed by atoms with E-state index in [1.165, 1.54) is 0 Å². The number of hydrogen-bond donors (Lipinski definition) is 5. The van der Waals surface area contributed by atoms with Gasteiger partial charge in [-0.3, -0.25) is 50.6 Å². The van der Waals surface area contributed by atoms with Crippen LogP contribution in [0.2, 0.25) is 0 Å². The third-order valence-corrected chi connectivity index (χ3v) is 14.5. The number of nitrogens with one attached hydrogen (secondary N) is 5. The fourth-order valence-corrected chi connectivity index (χ4v) is 11.9. The van der Waals surface area contributed by atoms with Crippen LogP contribution in [0.25, 0.3) is 0 Å². The van der Waals surface area contributed by atoms with Crippen molar-refractivity contribution in [1.82, 2.24) is 51.1 Å². The van der Waals surface area contributed by atoms with Gasteiger partial charge in [-0.1, -0.05) is 104 Å². The molecule has 5 N–H and O–H groups in total. The summed E-state index contributed by atoms with van der Waals surface area (Å²) in [5.74, 6) is 3.13. The average molecular weight is 1560 g/mol. The molecule has 0 bridgehead atoms.